The van der Waals surface area contributed by atoms with E-state index in [1.807, 2.05) is 0 Å². The van der Waals surface area contributed by atoms with Gasteiger partial charge in [-0.05, 0) is 95.1 Å². The Hall–Kier alpha value is 1.40. The SMILES string of the molecule is CC(C)(C)[Si](C)(C)OC[C@@H](O[Si](C)(C)C(C)(C)C)[C@@H]1O[C@@H](I)[C@H](O[Si](C)(C)C(C)(C)C)[C@H]1O[Si](C)(C)C(C)(C)C. The van der Waals surface area contributed by atoms with Crippen molar-refractivity contribution >= 4 is 55.9 Å². The van der Waals surface area contributed by atoms with E-state index in [0.29, 0.717) is 6.61 Å². The van der Waals surface area contributed by atoms with Crippen LogP contribution >= 0.6 is 22.6 Å². The molecule has 0 aliphatic carbocycles. The highest BCUT2D eigenvalue weighted by Gasteiger charge is 2.56. The zero-order chi connectivity index (χ0) is 32.1. The maximum absolute atomic E-state index is 7.30. The van der Waals surface area contributed by atoms with Crippen LogP contribution in [0.15, 0.2) is 0 Å². The summed E-state index contributed by atoms with van der Waals surface area (Å²) in [6, 6.07) is 0. The first-order valence-corrected chi connectivity index (χ1v) is 28.1. The Labute approximate surface area is 267 Å². The summed E-state index contributed by atoms with van der Waals surface area (Å²) in [5.41, 5.74) is 0. The van der Waals surface area contributed by atoms with E-state index in [1.54, 1.807) is 0 Å². The van der Waals surface area contributed by atoms with Gasteiger partial charge in [0.15, 0.2) is 33.3 Å². The molecule has 0 N–H and O–H groups in total. The molecule has 1 fully saturated rings. The molecule has 0 spiro atoms. The first-order chi connectivity index (χ1) is 17.3. The number of alkyl halides is 1. The first kappa shape index (κ1) is 39.4. The minimum atomic E-state index is -2.16. The largest absolute Gasteiger partial charge is 0.414 e. The van der Waals surface area contributed by atoms with Gasteiger partial charge < -0.3 is 22.4 Å². The van der Waals surface area contributed by atoms with Gasteiger partial charge in [0.25, 0.3) is 0 Å². The van der Waals surface area contributed by atoms with E-state index in [4.69, 9.17) is 22.4 Å². The molecular formula is C30H67IO5Si4. The van der Waals surface area contributed by atoms with Gasteiger partial charge in [0.05, 0.1) is 12.7 Å². The topological polar surface area (TPSA) is 46.2 Å². The lowest BCUT2D eigenvalue weighted by Crippen LogP contribution is -2.57. The lowest BCUT2D eigenvalue weighted by molar-refractivity contribution is -0.0579. The molecule has 1 aliphatic heterocycles. The molecule has 0 aromatic carbocycles. The quantitative estimate of drug-likeness (QED) is 0.127. The van der Waals surface area contributed by atoms with Gasteiger partial charge in [0.1, 0.15) is 22.4 Å². The van der Waals surface area contributed by atoms with Gasteiger partial charge in [-0.15, -0.1) is 0 Å². The van der Waals surface area contributed by atoms with Crippen molar-refractivity contribution in [2.45, 2.75) is 184 Å². The Kier molecular flexibility index (Phi) is 12.5. The third kappa shape index (κ3) is 9.45. The third-order valence-corrected chi connectivity index (χ3v) is 29.7. The number of rotatable bonds is 10. The molecule has 5 nitrogen and oxygen atoms in total. The van der Waals surface area contributed by atoms with E-state index in [9.17, 15) is 0 Å². The zero-order valence-electron chi connectivity index (χ0n) is 30.0. The van der Waals surface area contributed by atoms with Crippen LogP contribution < -0.4 is 0 Å². The highest BCUT2D eigenvalue weighted by Crippen LogP contribution is 2.47. The molecular weight excluding hydrogens is 680 g/mol. The average molecular weight is 747 g/mol. The minimum absolute atomic E-state index is 0.0653. The van der Waals surface area contributed by atoms with Crippen LogP contribution in [0.25, 0.3) is 0 Å². The molecule has 1 aliphatic rings. The van der Waals surface area contributed by atoms with Crippen LogP contribution in [0.3, 0.4) is 0 Å². The van der Waals surface area contributed by atoms with Crippen LogP contribution in [0.1, 0.15) is 83.1 Å². The number of ether oxygens (including phenoxy) is 1. The zero-order valence-corrected chi connectivity index (χ0v) is 36.2. The van der Waals surface area contributed by atoms with Gasteiger partial charge in [-0.25, -0.2) is 0 Å². The lowest BCUT2D eigenvalue weighted by Gasteiger charge is -2.46. The number of hydrogen-bond donors (Lipinski definition) is 0. The molecule has 0 amide bonds. The Balaban J connectivity index is 3.67. The smallest absolute Gasteiger partial charge is 0.192 e. The van der Waals surface area contributed by atoms with Crippen LogP contribution in [-0.4, -0.2) is 68.4 Å². The molecule has 0 unspecified atom stereocenters. The Morgan fingerprint density at radius 1 is 0.575 bits per heavy atom. The van der Waals surface area contributed by atoms with Crippen LogP contribution in [0.5, 0.6) is 0 Å². The number of halogens is 1. The van der Waals surface area contributed by atoms with E-state index in [0.717, 1.165) is 0 Å². The van der Waals surface area contributed by atoms with Crippen molar-refractivity contribution in [2.24, 2.45) is 0 Å². The van der Waals surface area contributed by atoms with Gasteiger partial charge in [-0.2, -0.15) is 0 Å². The van der Waals surface area contributed by atoms with Gasteiger partial charge >= 0.3 is 0 Å². The van der Waals surface area contributed by atoms with E-state index < -0.39 is 33.3 Å². The molecule has 0 saturated carbocycles. The lowest BCUT2D eigenvalue weighted by atomic mass is 10.1. The Bertz CT molecular complexity index is 835. The molecule has 5 atom stereocenters. The fourth-order valence-electron chi connectivity index (χ4n) is 3.49. The molecule has 0 bridgehead atoms. The van der Waals surface area contributed by atoms with Crippen molar-refractivity contribution < 1.29 is 22.4 Å². The van der Waals surface area contributed by atoms with Crippen LogP contribution in [0, 0.1) is 0 Å². The summed E-state index contributed by atoms with van der Waals surface area (Å²) in [7, 11) is -8.42. The van der Waals surface area contributed by atoms with E-state index in [1.165, 1.54) is 0 Å². The van der Waals surface area contributed by atoms with Crippen LogP contribution in [0.4, 0.5) is 0 Å². The highest BCUT2D eigenvalue weighted by molar-refractivity contribution is 14.1. The predicted octanol–water partition coefficient (Wildman–Crippen LogP) is 10.3. The highest BCUT2D eigenvalue weighted by atomic mass is 127. The molecule has 40 heavy (non-hydrogen) atoms. The maximum atomic E-state index is 7.30. The molecule has 240 valence electrons. The Morgan fingerprint density at radius 3 is 1.27 bits per heavy atom. The first-order valence-electron chi connectivity index (χ1n) is 15.2. The molecule has 1 heterocycles. The standard InChI is InChI=1S/C30H67IO5Si4/c1-27(2,3)37(13,14)32-21-22(34-38(15,16)28(4,5)6)23-24(35-39(17,18)29(7,8)9)25(26(31)33-23)36-40(19,20)30(10,11)12/h22-26H,21H2,1-20H3/t22-,23+,24+,25-,26-/m1/s1. The van der Waals surface area contributed by atoms with Gasteiger partial charge in [-0.1, -0.05) is 83.1 Å². The second kappa shape index (κ2) is 12.7. The Morgan fingerprint density at radius 2 is 0.925 bits per heavy atom. The molecule has 0 aromatic rings. The van der Waals surface area contributed by atoms with Crippen molar-refractivity contribution in [3.05, 3.63) is 0 Å². The van der Waals surface area contributed by atoms with Gasteiger partial charge in [0.2, 0.25) is 0 Å². The van der Waals surface area contributed by atoms with Gasteiger partial charge in [0, 0.05) is 0 Å². The van der Waals surface area contributed by atoms with E-state index in [-0.39, 0.29) is 48.7 Å². The number of hydrogen-bond acceptors (Lipinski definition) is 5. The summed E-state index contributed by atoms with van der Waals surface area (Å²) >= 11 is 2.44. The maximum Gasteiger partial charge on any atom is 0.192 e. The monoisotopic (exact) mass is 746 g/mol. The van der Waals surface area contributed by atoms with Crippen molar-refractivity contribution in [3.63, 3.8) is 0 Å². The van der Waals surface area contributed by atoms with Crippen molar-refractivity contribution in [3.8, 4) is 0 Å². The minimum Gasteiger partial charge on any atom is -0.414 e. The summed E-state index contributed by atoms with van der Waals surface area (Å²) < 4.78 is 35.3. The van der Waals surface area contributed by atoms with Crippen LogP contribution in [0.2, 0.25) is 72.5 Å². The molecule has 0 radical (unpaired) electrons. The average Bonchev–Trinajstić information content (AvgIpc) is 2.96. The normalized spacial score (nSPS) is 25.4. The summed E-state index contributed by atoms with van der Waals surface area (Å²) in [4.78, 5) is 0. The van der Waals surface area contributed by atoms with Crippen LogP contribution in [-0.2, 0) is 22.4 Å². The summed E-state index contributed by atoms with van der Waals surface area (Å²) in [5.74, 6) is 0. The molecule has 1 rings (SSSR count). The summed E-state index contributed by atoms with van der Waals surface area (Å²) in [6.45, 7) is 46.7. The van der Waals surface area contributed by atoms with Crippen molar-refractivity contribution in [1.82, 2.24) is 0 Å². The second-order valence-corrected chi connectivity index (χ2v) is 38.4. The molecule has 10 heteroatoms. The second-order valence-electron chi connectivity index (χ2n) is 18.1. The van der Waals surface area contributed by atoms with Crippen molar-refractivity contribution in [2.75, 3.05) is 6.61 Å². The van der Waals surface area contributed by atoms with E-state index in [2.05, 4.69) is 158 Å². The predicted molar refractivity (Wildman–Crippen MR) is 192 cm³/mol. The molecule has 0 aromatic heterocycles. The van der Waals surface area contributed by atoms with Gasteiger partial charge in [-0.3, -0.25) is 0 Å². The van der Waals surface area contributed by atoms with Crippen molar-refractivity contribution in [1.29, 1.82) is 0 Å². The third-order valence-electron chi connectivity index (χ3n) is 10.7. The fraction of sp³-hybridized carbons (Fsp3) is 1.00. The summed E-state index contributed by atoms with van der Waals surface area (Å²) in [5, 5.41) is 0.334. The fourth-order valence-corrected chi connectivity index (χ4v) is 9.58. The molecule has 1 saturated heterocycles. The van der Waals surface area contributed by atoms with E-state index >= 15 is 0 Å². The summed E-state index contributed by atoms with van der Waals surface area (Å²) in [6.07, 6.45) is -0.853.